The van der Waals surface area contributed by atoms with Crippen LogP contribution in [0.1, 0.15) is 40.0 Å². The molecule has 3 N–H and O–H groups in total. The van der Waals surface area contributed by atoms with Crippen LogP contribution in [-0.4, -0.2) is 23.8 Å². The van der Waals surface area contributed by atoms with Gasteiger partial charge in [0.25, 0.3) is 0 Å². The molecule has 14 heavy (non-hydrogen) atoms. The van der Waals surface area contributed by atoms with Crippen molar-refractivity contribution in [1.82, 2.24) is 5.32 Å². The van der Waals surface area contributed by atoms with Crippen LogP contribution < -0.4 is 11.1 Å². The van der Waals surface area contributed by atoms with Gasteiger partial charge in [0.1, 0.15) is 5.60 Å². The molecule has 1 rings (SSSR count). The summed E-state index contributed by atoms with van der Waals surface area (Å²) in [7, 11) is 0. The molecule has 0 aromatic rings. The number of hydrogen-bond donors (Lipinski definition) is 2. The molecular weight excluding hydrogens is 180 g/mol. The molecule has 1 amide bonds. The number of alkyl carbamates (subject to hydrolysis) is 1. The van der Waals surface area contributed by atoms with Crippen molar-refractivity contribution in [2.75, 3.05) is 0 Å². The highest BCUT2D eigenvalue weighted by Crippen LogP contribution is 2.17. The van der Waals surface area contributed by atoms with Gasteiger partial charge in [0.15, 0.2) is 0 Å². The first-order valence-electron chi connectivity index (χ1n) is 5.12. The fourth-order valence-electron chi connectivity index (χ4n) is 1.62. The summed E-state index contributed by atoms with van der Waals surface area (Å²) in [5, 5.41) is 2.82. The van der Waals surface area contributed by atoms with Gasteiger partial charge in [-0.2, -0.15) is 0 Å². The van der Waals surface area contributed by atoms with E-state index < -0.39 is 5.60 Å². The molecule has 4 nitrogen and oxygen atoms in total. The van der Waals surface area contributed by atoms with Crippen molar-refractivity contribution < 1.29 is 9.53 Å². The predicted molar refractivity (Wildman–Crippen MR) is 55.0 cm³/mol. The van der Waals surface area contributed by atoms with Crippen LogP contribution >= 0.6 is 0 Å². The van der Waals surface area contributed by atoms with Crippen molar-refractivity contribution in [1.29, 1.82) is 0 Å². The van der Waals surface area contributed by atoms with E-state index in [2.05, 4.69) is 5.32 Å². The van der Waals surface area contributed by atoms with Gasteiger partial charge >= 0.3 is 6.09 Å². The average Bonchev–Trinajstić information content (AvgIpc) is 2.30. The van der Waals surface area contributed by atoms with Crippen molar-refractivity contribution in [3.8, 4) is 0 Å². The molecule has 0 saturated heterocycles. The van der Waals surface area contributed by atoms with Crippen LogP contribution in [0.3, 0.4) is 0 Å². The second-order valence-electron chi connectivity index (χ2n) is 4.92. The summed E-state index contributed by atoms with van der Waals surface area (Å²) in [4.78, 5) is 11.3. The molecule has 0 aliphatic heterocycles. The number of ether oxygens (including phenoxy) is 1. The topological polar surface area (TPSA) is 64.3 Å². The number of carbonyl (C=O) groups is 1. The molecular formula is C10H20N2O2. The van der Waals surface area contributed by atoms with Gasteiger partial charge in [0, 0.05) is 12.1 Å². The van der Waals surface area contributed by atoms with Crippen molar-refractivity contribution in [3.05, 3.63) is 0 Å². The molecule has 1 aliphatic carbocycles. The van der Waals surface area contributed by atoms with E-state index in [-0.39, 0.29) is 18.2 Å². The number of nitrogens with two attached hydrogens (primary N) is 1. The first-order valence-corrected chi connectivity index (χ1v) is 5.12. The third kappa shape index (κ3) is 3.96. The van der Waals surface area contributed by atoms with E-state index >= 15 is 0 Å². The molecule has 82 valence electrons. The van der Waals surface area contributed by atoms with Gasteiger partial charge in [-0.15, -0.1) is 0 Å². The van der Waals surface area contributed by atoms with Gasteiger partial charge in [-0.1, -0.05) is 0 Å². The molecule has 2 atom stereocenters. The number of hydrogen-bond acceptors (Lipinski definition) is 3. The Morgan fingerprint density at radius 1 is 1.43 bits per heavy atom. The van der Waals surface area contributed by atoms with Crippen LogP contribution in [0, 0.1) is 0 Å². The molecule has 0 spiro atoms. The van der Waals surface area contributed by atoms with Crippen LogP contribution in [0.2, 0.25) is 0 Å². The second-order valence-corrected chi connectivity index (χ2v) is 4.92. The molecule has 4 heteroatoms. The number of amides is 1. The molecule has 0 heterocycles. The fourth-order valence-corrected chi connectivity index (χ4v) is 1.62. The SMILES string of the molecule is CC(C)(C)OC(=O)N[C@@H]1CC[C@H](N)C1. The molecule has 0 unspecified atom stereocenters. The van der Waals surface area contributed by atoms with Gasteiger partial charge in [0.2, 0.25) is 0 Å². The Bertz CT molecular complexity index is 211. The Balaban J connectivity index is 2.27. The summed E-state index contributed by atoms with van der Waals surface area (Å²) >= 11 is 0. The predicted octanol–water partition coefficient (Wildman–Crippen LogP) is 1.39. The zero-order valence-corrected chi connectivity index (χ0v) is 9.17. The van der Waals surface area contributed by atoms with Gasteiger partial charge in [-0.3, -0.25) is 0 Å². The minimum atomic E-state index is -0.426. The largest absolute Gasteiger partial charge is 0.444 e. The lowest BCUT2D eigenvalue weighted by atomic mass is 10.2. The summed E-state index contributed by atoms with van der Waals surface area (Å²) in [5.41, 5.74) is 5.31. The van der Waals surface area contributed by atoms with Gasteiger partial charge in [-0.25, -0.2) is 4.79 Å². The Hall–Kier alpha value is -0.770. The maximum absolute atomic E-state index is 11.3. The van der Waals surface area contributed by atoms with Crippen LogP contribution in [0.25, 0.3) is 0 Å². The van der Waals surface area contributed by atoms with E-state index in [4.69, 9.17) is 10.5 Å². The van der Waals surface area contributed by atoms with Crippen LogP contribution in [0.15, 0.2) is 0 Å². The van der Waals surface area contributed by atoms with E-state index in [1.807, 2.05) is 20.8 Å². The Morgan fingerprint density at radius 3 is 2.50 bits per heavy atom. The van der Waals surface area contributed by atoms with Crippen LogP contribution in [0.5, 0.6) is 0 Å². The van der Waals surface area contributed by atoms with Crippen molar-refractivity contribution in [3.63, 3.8) is 0 Å². The minimum absolute atomic E-state index is 0.194. The van der Waals surface area contributed by atoms with E-state index in [1.54, 1.807) is 0 Å². The zero-order valence-electron chi connectivity index (χ0n) is 9.17. The summed E-state index contributed by atoms with van der Waals surface area (Å²) in [5.74, 6) is 0. The third-order valence-electron chi connectivity index (χ3n) is 2.19. The summed E-state index contributed by atoms with van der Waals surface area (Å²) in [6.07, 6.45) is 2.47. The molecule has 0 bridgehead atoms. The molecule has 0 aromatic heterocycles. The van der Waals surface area contributed by atoms with E-state index in [0.29, 0.717) is 0 Å². The van der Waals surface area contributed by atoms with Crippen molar-refractivity contribution >= 4 is 6.09 Å². The van der Waals surface area contributed by atoms with E-state index in [0.717, 1.165) is 19.3 Å². The van der Waals surface area contributed by atoms with Crippen LogP contribution in [0.4, 0.5) is 4.79 Å². The van der Waals surface area contributed by atoms with Crippen molar-refractivity contribution in [2.45, 2.75) is 57.7 Å². The normalized spacial score (nSPS) is 27.4. The maximum atomic E-state index is 11.3. The number of carbonyl (C=O) groups excluding carboxylic acids is 1. The molecule has 1 saturated carbocycles. The Labute approximate surface area is 85.2 Å². The zero-order chi connectivity index (χ0) is 10.8. The quantitative estimate of drug-likeness (QED) is 0.672. The summed E-state index contributed by atoms with van der Waals surface area (Å²) in [6.45, 7) is 5.56. The Kier molecular flexibility index (Phi) is 3.37. The first-order chi connectivity index (χ1) is 6.37. The number of nitrogens with one attached hydrogen (secondary N) is 1. The molecule has 1 aliphatic rings. The summed E-state index contributed by atoms with van der Waals surface area (Å²) in [6, 6.07) is 0.426. The van der Waals surface area contributed by atoms with Gasteiger partial charge < -0.3 is 15.8 Å². The standard InChI is InChI=1S/C10H20N2O2/c1-10(2,3)14-9(13)12-8-5-4-7(11)6-8/h7-8H,4-6,11H2,1-3H3,(H,12,13)/t7-,8+/m0/s1. The smallest absolute Gasteiger partial charge is 0.407 e. The maximum Gasteiger partial charge on any atom is 0.407 e. The van der Waals surface area contributed by atoms with Gasteiger partial charge in [0.05, 0.1) is 0 Å². The minimum Gasteiger partial charge on any atom is -0.444 e. The highest BCUT2D eigenvalue weighted by atomic mass is 16.6. The fraction of sp³-hybridized carbons (Fsp3) is 0.900. The molecule has 0 radical (unpaired) electrons. The van der Waals surface area contributed by atoms with E-state index in [9.17, 15) is 4.79 Å². The summed E-state index contributed by atoms with van der Waals surface area (Å²) < 4.78 is 5.14. The third-order valence-corrected chi connectivity index (χ3v) is 2.19. The molecule has 0 aromatic carbocycles. The van der Waals surface area contributed by atoms with Crippen LogP contribution in [-0.2, 0) is 4.74 Å². The first kappa shape index (κ1) is 11.3. The lowest BCUT2D eigenvalue weighted by molar-refractivity contribution is 0.0505. The highest BCUT2D eigenvalue weighted by Gasteiger charge is 2.25. The number of rotatable bonds is 1. The second kappa shape index (κ2) is 4.17. The van der Waals surface area contributed by atoms with E-state index in [1.165, 1.54) is 0 Å². The van der Waals surface area contributed by atoms with Crippen molar-refractivity contribution in [2.24, 2.45) is 5.73 Å². The molecule has 1 fully saturated rings. The average molecular weight is 200 g/mol. The van der Waals surface area contributed by atoms with Gasteiger partial charge in [-0.05, 0) is 40.0 Å². The Morgan fingerprint density at radius 2 is 2.07 bits per heavy atom. The lowest BCUT2D eigenvalue weighted by Gasteiger charge is -2.21. The highest BCUT2D eigenvalue weighted by molar-refractivity contribution is 5.68. The lowest BCUT2D eigenvalue weighted by Crippen LogP contribution is -2.38. The monoisotopic (exact) mass is 200 g/mol.